The maximum Gasteiger partial charge on any atom is 0.0984 e. The molecule has 2 nitrogen and oxygen atoms in total. The molecule has 1 N–H and O–H groups in total. The summed E-state index contributed by atoms with van der Waals surface area (Å²) in [4.78, 5) is 0. The van der Waals surface area contributed by atoms with Gasteiger partial charge < -0.3 is 5.32 Å². The zero-order valence-corrected chi connectivity index (χ0v) is 9.38. The molecule has 3 unspecified atom stereocenters. The van der Waals surface area contributed by atoms with Gasteiger partial charge >= 0.3 is 0 Å². The largest absolute Gasteiger partial charge is 0.302 e. The minimum Gasteiger partial charge on any atom is -0.302 e. The molecule has 1 rings (SSSR count). The Hall–Kier alpha value is -0.810. The fourth-order valence-electron chi connectivity index (χ4n) is 2.39. The van der Waals surface area contributed by atoms with E-state index in [4.69, 9.17) is 5.26 Å². The van der Waals surface area contributed by atoms with Gasteiger partial charge in [0.1, 0.15) is 0 Å². The van der Waals surface area contributed by atoms with Gasteiger partial charge in [-0.3, -0.25) is 0 Å². The molecule has 0 saturated heterocycles. The molecule has 0 amide bonds. The fraction of sp³-hybridized carbons (Fsp3) is 0.750. The lowest BCUT2D eigenvalue weighted by molar-refractivity contribution is 0.341. The minimum atomic E-state index is 0.0334. The predicted octanol–water partition coefficient (Wildman–Crippen LogP) is 2.48. The standard InChI is InChI=1S/C12H20N2/c1-4-14-12(8-13)11-6-9(2)5-10(3)7-11/h5,9,11-12,14H,4,6-7H2,1-3H3. The van der Waals surface area contributed by atoms with Crippen molar-refractivity contribution in [1.29, 1.82) is 5.26 Å². The molecule has 0 aromatic carbocycles. The van der Waals surface area contributed by atoms with Crippen LogP contribution in [0.15, 0.2) is 11.6 Å². The van der Waals surface area contributed by atoms with Crippen LogP contribution in [0.4, 0.5) is 0 Å². The van der Waals surface area contributed by atoms with Crippen molar-refractivity contribution in [2.24, 2.45) is 11.8 Å². The molecule has 2 heteroatoms. The van der Waals surface area contributed by atoms with E-state index in [1.54, 1.807) is 0 Å². The first-order chi connectivity index (χ1) is 6.67. The summed E-state index contributed by atoms with van der Waals surface area (Å²) in [6.07, 6.45) is 4.55. The molecule has 1 aliphatic carbocycles. The van der Waals surface area contributed by atoms with E-state index < -0.39 is 0 Å². The maximum absolute atomic E-state index is 9.05. The summed E-state index contributed by atoms with van der Waals surface area (Å²) >= 11 is 0. The molecule has 0 aromatic heterocycles. The molecule has 0 radical (unpaired) electrons. The fourth-order valence-corrected chi connectivity index (χ4v) is 2.39. The SMILES string of the molecule is CCNC(C#N)C1CC(C)=CC(C)C1. The topological polar surface area (TPSA) is 35.8 Å². The first-order valence-electron chi connectivity index (χ1n) is 5.47. The average molecular weight is 192 g/mol. The van der Waals surface area contributed by atoms with E-state index in [0.29, 0.717) is 11.8 Å². The first-order valence-corrected chi connectivity index (χ1v) is 5.47. The molecular formula is C12H20N2. The van der Waals surface area contributed by atoms with Crippen LogP contribution in [0.2, 0.25) is 0 Å². The summed E-state index contributed by atoms with van der Waals surface area (Å²) < 4.78 is 0. The van der Waals surface area contributed by atoms with Crippen LogP contribution in [-0.2, 0) is 0 Å². The summed E-state index contributed by atoms with van der Waals surface area (Å²) in [6.45, 7) is 7.34. The highest BCUT2D eigenvalue weighted by Crippen LogP contribution is 2.29. The van der Waals surface area contributed by atoms with Crippen molar-refractivity contribution in [3.05, 3.63) is 11.6 Å². The minimum absolute atomic E-state index is 0.0334. The maximum atomic E-state index is 9.05. The Bertz CT molecular complexity index is 250. The van der Waals surface area contributed by atoms with Crippen LogP contribution in [0.3, 0.4) is 0 Å². The number of nitriles is 1. The van der Waals surface area contributed by atoms with Gasteiger partial charge in [-0.2, -0.15) is 5.26 Å². The summed E-state index contributed by atoms with van der Waals surface area (Å²) in [6, 6.07) is 2.41. The number of hydrogen-bond donors (Lipinski definition) is 1. The molecule has 0 heterocycles. The molecule has 0 saturated carbocycles. The van der Waals surface area contributed by atoms with Crippen LogP contribution in [0.25, 0.3) is 0 Å². The normalized spacial score (nSPS) is 29.1. The lowest BCUT2D eigenvalue weighted by Crippen LogP contribution is -2.36. The Labute approximate surface area is 87.0 Å². The van der Waals surface area contributed by atoms with Gasteiger partial charge in [0.25, 0.3) is 0 Å². The molecule has 0 fully saturated rings. The van der Waals surface area contributed by atoms with E-state index in [1.165, 1.54) is 5.57 Å². The van der Waals surface area contributed by atoms with Crippen molar-refractivity contribution in [2.45, 2.75) is 39.7 Å². The predicted molar refractivity (Wildman–Crippen MR) is 58.7 cm³/mol. The van der Waals surface area contributed by atoms with E-state index in [1.807, 2.05) is 0 Å². The lowest BCUT2D eigenvalue weighted by atomic mass is 9.80. The number of nitrogens with zero attached hydrogens (tertiary/aromatic N) is 1. The van der Waals surface area contributed by atoms with E-state index in [9.17, 15) is 0 Å². The highest BCUT2D eigenvalue weighted by molar-refractivity contribution is 5.10. The third-order valence-electron chi connectivity index (χ3n) is 2.86. The van der Waals surface area contributed by atoms with Gasteiger partial charge in [-0.25, -0.2) is 0 Å². The number of nitrogens with one attached hydrogen (secondary N) is 1. The van der Waals surface area contributed by atoms with Gasteiger partial charge in [0, 0.05) is 0 Å². The van der Waals surface area contributed by atoms with Crippen molar-refractivity contribution in [1.82, 2.24) is 5.32 Å². The molecule has 0 bridgehead atoms. The molecular weight excluding hydrogens is 172 g/mol. The molecule has 3 atom stereocenters. The number of allylic oxidation sites excluding steroid dienone is 2. The van der Waals surface area contributed by atoms with Gasteiger partial charge in [0.15, 0.2) is 0 Å². The first kappa shape index (κ1) is 11.3. The van der Waals surface area contributed by atoms with Crippen molar-refractivity contribution in [2.75, 3.05) is 6.54 Å². The monoisotopic (exact) mass is 192 g/mol. The third-order valence-corrected chi connectivity index (χ3v) is 2.86. The van der Waals surface area contributed by atoms with Crippen molar-refractivity contribution in [3.63, 3.8) is 0 Å². The molecule has 1 aliphatic rings. The molecule has 0 aliphatic heterocycles. The Morgan fingerprint density at radius 2 is 2.43 bits per heavy atom. The van der Waals surface area contributed by atoms with E-state index >= 15 is 0 Å². The van der Waals surface area contributed by atoms with Gasteiger partial charge in [-0.15, -0.1) is 0 Å². The summed E-state index contributed by atoms with van der Waals surface area (Å²) in [5.74, 6) is 1.13. The smallest absolute Gasteiger partial charge is 0.0984 e. The van der Waals surface area contributed by atoms with Gasteiger partial charge in [-0.05, 0) is 38.1 Å². The zero-order chi connectivity index (χ0) is 10.6. The Balaban J connectivity index is 2.61. The summed E-state index contributed by atoms with van der Waals surface area (Å²) in [7, 11) is 0. The van der Waals surface area contributed by atoms with E-state index in [0.717, 1.165) is 19.4 Å². The van der Waals surface area contributed by atoms with Gasteiger partial charge in [0.05, 0.1) is 12.1 Å². The van der Waals surface area contributed by atoms with Crippen LogP contribution in [0.5, 0.6) is 0 Å². The van der Waals surface area contributed by atoms with Gasteiger partial charge in [0.2, 0.25) is 0 Å². The van der Waals surface area contributed by atoms with Crippen molar-refractivity contribution >= 4 is 0 Å². The second-order valence-electron chi connectivity index (χ2n) is 4.35. The molecule has 0 aromatic rings. The van der Waals surface area contributed by atoms with Crippen LogP contribution in [-0.4, -0.2) is 12.6 Å². The quantitative estimate of drug-likeness (QED) is 0.697. The Morgan fingerprint density at radius 1 is 1.71 bits per heavy atom. The molecule has 78 valence electrons. The van der Waals surface area contributed by atoms with Crippen LogP contribution in [0.1, 0.15) is 33.6 Å². The van der Waals surface area contributed by atoms with E-state index in [2.05, 4.69) is 38.2 Å². The summed E-state index contributed by atoms with van der Waals surface area (Å²) in [5, 5.41) is 12.3. The summed E-state index contributed by atoms with van der Waals surface area (Å²) in [5.41, 5.74) is 1.44. The molecule has 14 heavy (non-hydrogen) atoms. The van der Waals surface area contributed by atoms with Crippen molar-refractivity contribution in [3.8, 4) is 6.07 Å². The van der Waals surface area contributed by atoms with Crippen LogP contribution < -0.4 is 5.32 Å². The average Bonchev–Trinajstić information content (AvgIpc) is 2.12. The Kier molecular flexibility index (Phi) is 4.16. The second kappa shape index (κ2) is 5.17. The van der Waals surface area contributed by atoms with Crippen LogP contribution in [0, 0.1) is 23.2 Å². The number of hydrogen-bond acceptors (Lipinski definition) is 2. The number of rotatable bonds is 3. The van der Waals surface area contributed by atoms with E-state index in [-0.39, 0.29) is 6.04 Å². The van der Waals surface area contributed by atoms with Crippen LogP contribution >= 0.6 is 0 Å². The highest BCUT2D eigenvalue weighted by Gasteiger charge is 2.25. The molecule has 0 spiro atoms. The highest BCUT2D eigenvalue weighted by atomic mass is 14.9. The van der Waals surface area contributed by atoms with Crippen molar-refractivity contribution < 1.29 is 0 Å². The Morgan fingerprint density at radius 3 is 2.93 bits per heavy atom. The van der Waals surface area contributed by atoms with Gasteiger partial charge in [-0.1, -0.05) is 25.5 Å². The zero-order valence-electron chi connectivity index (χ0n) is 9.38. The second-order valence-corrected chi connectivity index (χ2v) is 4.35. The lowest BCUT2D eigenvalue weighted by Gasteiger charge is -2.29. The third kappa shape index (κ3) is 2.85.